The SMILES string of the molecule is CCCN(CCC)C(CCC=O)C(C)=O. The highest BCUT2D eigenvalue weighted by molar-refractivity contribution is 5.81. The van der Waals surface area contributed by atoms with Gasteiger partial charge >= 0.3 is 0 Å². The molecule has 0 radical (unpaired) electrons. The van der Waals surface area contributed by atoms with Gasteiger partial charge in [-0.2, -0.15) is 0 Å². The topological polar surface area (TPSA) is 37.4 Å². The minimum absolute atomic E-state index is 0.0601. The zero-order valence-corrected chi connectivity index (χ0v) is 10.2. The van der Waals surface area contributed by atoms with Gasteiger partial charge < -0.3 is 4.79 Å². The van der Waals surface area contributed by atoms with Crippen molar-refractivity contribution in [2.45, 2.75) is 52.5 Å². The van der Waals surface area contributed by atoms with E-state index < -0.39 is 0 Å². The average molecular weight is 213 g/mol. The van der Waals surface area contributed by atoms with E-state index in [-0.39, 0.29) is 11.8 Å². The Balaban J connectivity index is 4.36. The molecular formula is C12H23NO2. The third-order valence-corrected chi connectivity index (χ3v) is 2.49. The lowest BCUT2D eigenvalue weighted by Gasteiger charge is -2.28. The summed E-state index contributed by atoms with van der Waals surface area (Å²) in [5.74, 6) is 0.179. The van der Waals surface area contributed by atoms with Gasteiger partial charge in [0.25, 0.3) is 0 Å². The molecule has 0 bridgehead atoms. The number of hydrogen-bond acceptors (Lipinski definition) is 3. The number of carbonyl (C=O) groups excluding carboxylic acids is 2. The third-order valence-electron chi connectivity index (χ3n) is 2.49. The number of aldehydes is 1. The molecule has 15 heavy (non-hydrogen) atoms. The van der Waals surface area contributed by atoms with Crippen molar-refractivity contribution in [1.29, 1.82) is 0 Å². The van der Waals surface area contributed by atoms with Crippen LogP contribution in [0.5, 0.6) is 0 Å². The maximum atomic E-state index is 11.5. The van der Waals surface area contributed by atoms with Crippen molar-refractivity contribution in [1.82, 2.24) is 4.90 Å². The van der Waals surface area contributed by atoms with E-state index in [1.54, 1.807) is 6.92 Å². The lowest BCUT2D eigenvalue weighted by molar-refractivity contribution is -0.122. The van der Waals surface area contributed by atoms with E-state index in [0.717, 1.165) is 32.2 Å². The summed E-state index contributed by atoms with van der Waals surface area (Å²) in [7, 11) is 0. The zero-order valence-electron chi connectivity index (χ0n) is 10.2. The fourth-order valence-corrected chi connectivity index (χ4v) is 1.87. The first-order chi connectivity index (χ1) is 7.17. The lowest BCUT2D eigenvalue weighted by Crippen LogP contribution is -2.41. The fraction of sp³-hybridized carbons (Fsp3) is 0.833. The predicted molar refractivity (Wildman–Crippen MR) is 61.9 cm³/mol. The molecule has 3 nitrogen and oxygen atoms in total. The molecule has 0 fully saturated rings. The lowest BCUT2D eigenvalue weighted by atomic mass is 10.1. The molecule has 0 aliphatic carbocycles. The molecule has 0 rings (SSSR count). The molecule has 0 saturated carbocycles. The van der Waals surface area contributed by atoms with Crippen LogP contribution in [0.1, 0.15) is 46.5 Å². The number of hydrogen-bond donors (Lipinski definition) is 0. The van der Waals surface area contributed by atoms with Gasteiger partial charge in [0.05, 0.1) is 6.04 Å². The maximum absolute atomic E-state index is 11.5. The molecule has 0 aliphatic heterocycles. The van der Waals surface area contributed by atoms with Crippen LogP contribution in [0, 0.1) is 0 Å². The van der Waals surface area contributed by atoms with Crippen LogP contribution in [0.25, 0.3) is 0 Å². The molecule has 1 unspecified atom stereocenters. The van der Waals surface area contributed by atoms with Crippen LogP contribution in [0.2, 0.25) is 0 Å². The van der Waals surface area contributed by atoms with E-state index in [9.17, 15) is 9.59 Å². The minimum atomic E-state index is -0.0601. The zero-order chi connectivity index (χ0) is 11.7. The number of ketones is 1. The summed E-state index contributed by atoms with van der Waals surface area (Å²) in [6, 6.07) is -0.0601. The Morgan fingerprint density at radius 2 is 1.80 bits per heavy atom. The summed E-state index contributed by atoms with van der Waals surface area (Å²) >= 11 is 0. The van der Waals surface area contributed by atoms with Crippen LogP contribution >= 0.6 is 0 Å². The maximum Gasteiger partial charge on any atom is 0.146 e. The first kappa shape index (κ1) is 14.3. The van der Waals surface area contributed by atoms with E-state index in [2.05, 4.69) is 18.7 Å². The van der Waals surface area contributed by atoms with Gasteiger partial charge in [-0.3, -0.25) is 9.69 Å². The summed E-state index contributed by atoms with van der Waals surface area (Å²) in [5, 5.41) is 0. The van der Waals surface area contributed by atoms with Crippen LogP contribution in [0.15, 0.2) is 0 Å². The Bertz CT molecular complexity index is 186. The van der Waals surface area contributed by atoms with Crippen molar-refractivity contribution in [3.63, 3.8) is 0 Å². The quantitative estimate of drug-likeness (QED) is 0.550. The highest BCUT2D eigenvalue weighted by Crippen LogP contribution is 2.09. The van der Waals surface area contributed by atoms with Crippen LogP contribution in [0.4, 0.5) is 0 Å². The smallest absolute Gasteiger partial charge is 0.146 e. The fourth-order valence-electron chi connectivity index (χ4n) is 1.87. The first-order valence-electron chi connectivity index (χ1n) is 5.85. The van der Waals surface area contributed by atoms with Gasteiger partial charge in [-0.15, -0.1) is 0 Å². The second-order valence-corrected chi connectivity index (χ2v) is 3.91. The summed E-state index contributed by atoms with van der Waals surface area (Å²) < 4.78 is 0. The van der Waals surface area contributed by atoms with Crippen LogP contribution in [-0.2, 0) is 9.59 Å². The number of carbonyl (C=O) groups is 2. The normalized spacial score (nSPS) is 12.8. The predicted octanol–water partition coefficient (Wildman–Crippen LogP) is 2.05. The van der Waals surface area contributed by atoms with Crippen LogP contribution in [0.3, 0.4) is 0 Å². The molecule has 0 aliphatic rings. The van der Waals surface area contributed by atoms with Gasteiger partial charge in [-0.1, -0.05) is 13.8 Å². The summed E-state index contributed by atoms with van der Waals surface area (Å²) in [4.78, 5) is 24.0. The standard InChI is InChI=1S/C12H23NO2/c1-4-8-13(9-5-2)12(11(3)15)7-6-10-14/h10,12H,4-9H2,1-3H3. The molecule has 0 aromatic heterocycles. The van der Waals surface area contributed by atoms with Gasteiger partial charge in [0.2, 0.25) is 0 Å². The van der Waals surface area contributed by atoms with Crippen molar-refractivity contribution in [2.75, 3.05) is 13.1 Å². The second-order valence-electron chi connectivity index (χ2n) is 3.91. The minimum Gasteiger partial charge on any atom is -0.303 e. The Hall–Kier alpha value is -0.700. The average Bonchev–Trinajstić information content (AvgIpc) is 2.18. The largest absolute Gasteiger partial charge is 0.303 e. The second kappa shape index (κ2) is 8.60. The Morgan fingerprint density at radius 3 is 2.13 bits per heavy atom. The molecule has 3 heteroatoms. The number of nitrogens with zero attached hydrogens (tertiary/aromatic N) is 1. The van der Waals surface area contributed by atoms with Gasteiger partial charge in [-0.25, -0.2) is 0 Å². The highest BCUT2D eigenvalue weighted by atomic mass is 16.1. The Labute approximate surface area is 92.8 Å². The summed E-state index contributed by atoms with van der Waals surface area (Å²) in [6.45, 7) is 7.72. The molecule has 0 aromatic carbocycles. The Kier molecular flexibility index (Phi) is 8.19. The van der Waals surface area contributed by atoms with Crippen molar-refractivity contribution in [3.05, 3.63) is 0 Å². The van der Waals surface area contributed by atoms with Crippen molar-refractivity contribution in [3.8, 4) is 0 Å². The van der Waals surface area contributed by atoms with Gasteiger partial charge in [0, 0.05) is 6.42 Å². The van der Waals surface area contributed by atoms with Gasteiger partial charge in [-0.05, 0) is 39.3 Å². The third kappa shape index (κ3) is 5.67. The molecule has 0 spiro atoms. The Morgan fingerprint density at radius 1 is 1.27 bits per heavy atom. The van der Waals surface area contributed by atoms with Crippen molar-refractivity contribution >= 4 is 12.1 Å². The number of rotatable bonds is 9. The van der Waals surface area contributed by atoms with Gasteiger partial charge in [0.1, 0.15) is 12.1 Å². The highest BCUT2D eigenvalue weighted by Gasteiger charge is 2.20. The van der Waals surface area contributed by atoms with E-state index in [1.807, 2.05) is 0 Å². The molecule has 1 atom stereocenters. The first-order valence-corrected chi connectivity index (χ1v) is 5.85. The molecular weight excluding hydrogens is 190 g/mol. The monoisotopic (exact) mass is 213 g/mol. The molecule has 0 saturated heterocycles. The molecule has 0 N–H and O–H groups in total. The molecule has 0 amide bonds. The van der Waals surface area contributed by atoms with Crippen molar-refractivity contribution in [2.24, 2.45) is 0 Å². The van der Waals surface area contributed by atoms with E-state index >= 15 is 0 Å². The van der Waals surface area contributed by atoms with E-state index in [0.29, 0.717) is 12.8 Å². The summed E-state index contributed by atoms with van der Waals surface area (Å²) in [6.07, 6.45) is 4.13. The van der Waals surface area contributed by atoms with Gasteiger partial charge in [0.15, 0.2) is 0 Å². The van der Waals surface area contributed by atoms with E-state index in [1.165, 1.54) is 0 Å². The molecule has 88 valence electrons. The van der Waals surface area contributed by atoms with Crippen LogP contribution in [-0.4, -0.2) is 36.1 Å². The molecule has 0 aromatic rings. The van der Waals surface area contributed by atoms with Crippen LogP contribution < -0.4 is 0 Å². The summed E-state index contributed by atoms with van der Waals surface area (Å²) in [5.41, 5.74) is 0. The van der Waals surface area contributed by atoms with E-state index in [4.69, 9.17) is 0 Å². The number of Topliss-reactive ketones (excluding diaryl/α,β-unsaturated/α-hetero) is 1. The molecule has 0 heterocycles. The van der Waals surface area contributed by atoms with Crippen molar-refractivity contribution < 1.29 is 9.59 Å².